The lowest BCUT2D eigenvalue weighted by molar-refractivity contribution is -0.115. The number of sulfone groups is 1. The van der Waals surface area contributed by atoms with E-state index in [9.17, 15) is 13.2 Å². The van der Waals surface area contributed by atoms with E-state index in [0.717, 1.165) is 22.1 Å². The van der Waals surface area contributed by atoms with E-state index >= 15 is 0 Å². The summed E-state index contributed by atoms with van der Waals surface area (Å²) in [6, 6.07) is 12.1. The van der Waals surface area contributed by atoms with Crippen LogP contribution < -0.4 is 5.32 Å². The Balaban J connectivity index is 1.72. The molecule has 3 rings (SSSR count). The van der Waals surface area contributed by atoms with Crippen molar-refractivity contribution in [1.29, 1.82) is 0 Å². The number of anilines is 1. The van der Waals surface area contributed by atoms with Crippen LogP contribution in [-0.4, -0.2) is 20.1 Å². The quantitative estimate of drug-likeness (QED) is 0.755. The van der Waals surface area contributed by atoms with Gasteiger partial charge in [-0.2, -0.15) is 0 Å². The second-order valence-corrected chi connectivity index (χ2v) is 8.19. The number of aryl methyl sites for hydroxylation is 1. The lowest BCUT2D eigenvalue weighted by atomic mass is 10.1. The van der Waals surface area contributed by atoms with Crippen LogP contribution in [0.5, 0.6) is 0 Å². The summed E-state index contributed by atoms with van der Waals surface area (Å²) in [5, 5.41) is 3.70. The van der Waals surface area contributed by atoms with Crippen LogP contribution in [0.4, 0.5) is 5.69 Å². The molecule has 0 saturated heterocycles. The van der Waals surface area contributed by atoms with E-state index in [1.165, 1.54) is 12.1 Å². The van der Waals surface area contributed by atoms with Crippen molar-refractivity contribution in [3.63, 3.8) is 0 Å². The Morgan fingerprint density at radius 2 is 1.84 bits per heavy atom. The SMILES string of the molecule is CCS(=O)(=O)c1ccc(NC(=O)Cc2coc3cc(C)ccc23)cc1. The molecule has 1 heterocycles. The first-order chi connectivity index (χ1) is 11.9. The molecule has 1 N–H and O–H groups in total. The summed E-state index contributed by atoms with van der Waals surface area (Å²) < 4.78 is 29.1. The predicted molar refractivity (Wildman–Crippen MR) is 97.5 cm³/mol. The highest BCUT2D eigenvalue weighted by atomic mass is 32.2. The van der Waals surface area contributed by atoms with Gasteiger partial charge in [0.15, 0.2) is 9.84 Å². The molecule has 5 nitrogen and oxygen atoms in total. The molecular formula is C19H19NO4S. The Bertz CT molecular complexity index is 1020. The van der Waals surface area contributed by atoms with E-state index in [1.807, 2.05) is 25.1 Å². The first-order valence-electron chi connectivity index (χ1n) is 7.98. The van der Waals surface area contributed by atoms with Gasteiger partial charge in [0.05, 0.1) is 23.3 Å². The molecule has 0 atom stereocenters. The maximum absolute atomic E-state index is 12.3. The number of carbonyl (C=O) groups is 1. The van der Waals surface area contributed by atoms with Gasteiger partial charge in [-0.05, 0) is 42.8 Å². The molecule has 0 spiro atoms. The molecule has 2 aromatic carbocycles. The fourth-order valence-electron chi connectivity index (χ4n) is 2.62. The Morgan fingerprint density at radius 3 is 2.52 bits per heavy atom. The van der Waals surface area contributed by atoms with Crippen LogP contribution in [0.1, 0.15) is 18.1 Å². The number of carbonyl (C=O) groups excluding carboxylic acids is 1. The molecule has 0 saturated carbocycles. The molecule has 1 amide bonds. The van der Waals surface area contributed by atoms with Crippen molar-refractivity contribution in [2.45, 2.75) is 25.2 Å². The molecule has 130 valence electrons. The molecule has 0 aliphatic carbocycles. The van der Waals surface area contributed by atoms with Crippen molar-refractivity contribution >= 4 is 32.4 Å². The highest BCUT2D eigenvalue weighted by molar-refractivity contribution is 7.91. The van der Waals surface area contributed by atoms with Crippen LogP contribution in [0.15, 0.2) is 58.0 Å². The predicted octanol–water partition coefficient (Wildman–Crippen LogP) is 3.72. The highest BCUT2D eigenvalue weighted by Crippen LogP contribution is 2.23. The lowest BCUT2D eigenvalue weighted by Crippen LogP contribution is -2.14. The second kappa shape index (κ2) is 6.72. The molecule has 0 radical (unpaired) electrons. The number of rotatable bonds is 5. The smallest absolute Gasteiger partial charge is 0.228 e. The minimum Gasteiger partial charge on any atom is -0.464 e. The molecular weight excluding hydrogens is 338 g/mol. The first kappa shape index (κ1) is 17.2. The summed E-state index contributed by atoms with van der Waals surface area (Å²) in [5.41, 5.74) is 3.23. The standard InChI is InChI=1S/C19H19NO4S/c1-3-25(22,23)16-7-5-15(6-8-16)20-19(21)11-14-12-24-18-10-13(2)4-9-17(14)18/h4-10,12H,3,11H2,1-2H3,(H,20,21). The van der Waals surface area contributed by atoms with Gasteiger partial charge in [-0.25, -0.2) is 8.42 Å². The molecule has 0 fully saturated rings. The molecule has 0 unspecified atom stereocenters. The lowest BCUT2D eigenvalue weighted by Gasteiger charge is -2.06. The average Bonchev–Trinajstić information content (AvgIpc) is 2.97. The zero-order valence-electron chi connectivity index (χ0n) is 14.1. The van der Waals surface area contributed by atoms with Crippen molar-refractivity contribution < 1.29 is 17.6 Å². The third-order valence-electron chi connectivity index (χ3n) is 4.04. The topological polar surface area (TPSA) is 76.4 Å². The zero-order valence-corrected chi connectivity index (χ0v) is 14.9. The highest BCUT2D eigenvalue weighted by Gasteiger charge is 2.13. The van der Waals surface area contributed by atoms with Crippen molar-refractivity contribution in [1.82, 2.24) is 0 Å². The Kier molecular flexibility index (Phi) is 4.63. The third-order valence-corrected chi connectivity index (χ3v) is 5.79. The van der Waals surface area contributed by atoms with Gasteiger partial charge >= 0.3 is 0 Å². The molecule has 6 heteroatoms. The Morgan fingerprint density at radius 1 is 1.12 bits per heavy atom. The van der Waals surface area contributed by atoms with E-state index < -0.39 is 9.84 Å². The fraction of sp³-hybridized carbons (Fsp3) is 0.211. The average molecular weight is 357 g/mol. The van der Waals surface area contributed by atoms with E-state index in [0.29, 0.717) is 5.69 Å². The zero-order chi connectivity index (χ0) is 18.0. The number of hydrogen-bond acceptors (Lipinski definition) is 4. The van der Waals surface area contributed by atoms with Crippen LogP contribution in [0.25, 0.3) is 11.0 Å². The summed E-state index contributed by atoms with van der Waals surface area (Å²) in [4.78, 5) is 12.5. The number of fused-ring (bicyclic) bond motifs is 1. The van der Waals surface area contributed by atoms with Crippen molar-refractivity contribution in [3.8, 4) is 0 Å². The summed E-state index contributed by atoms with van der Waals surface area (Å²) >= 11 is 0. The Labute approximate surface area is 146 Å². The minimum absolute atomic E-state index is 0.0474. The summed E-state index contributed by atoms with van der Waals surface area (Å²) in [6.45, 7) is 3.58. The van der Waals surface area contributed by atoms with Gasteiger partial charge in [-0.15, -0.1) is 0 Å². The van der Waals surface area contributed by atoms with Gasteiger partial charge in [0.1, 0.15) is 5.58 Å². The maximum Gasteiger partial charge on any atom is 0.228 e. The molecule has 3 aromatic rings. The number of amides is 1. The molecule has 1 aromatic heterocycles. The second-order valence-electron chi connectivity index (χ2n) is 5.91. The van der Waals surface area contributed by atoms with E-state index in [-0.39, 0.29) is 23.0 Å². The monoisotopic (exact) mass is 357 g/mol. The Hall–Kier alpha value is -2.60. The van der Waals surface area contributed by atoms with Crippen LogP contribution in [0.3, 0.4) is 0 Å². The van der Waals surface area contributed by atoms with Crippen molar-refractivity contribution in [2.24, 2.45) is 0 Å². The van der Waals surface area contributed by atoms with Crippen LogP contribution in [0.2, 0.25) is 0 Å². The normalized spacial score (nSPS) is 11.6. The van der Waals surface area contributed by atoms with E-state index in [2.05, 4.69) is 5.32 Å². The minimum atomic E-state index is -3.24. The van der Waals surface area contributed by atoms with Gasteiger partial charge in [-0.3, -0.25) is 4.79 Å². The fourth-order valence-corrected chi connectivity index (χ4v) is 3.50. The van der Waals surface area contributed by atoms with Crippen LogP contribution >= 0.6 is 0 Å². The number of furan rings is 1. The number of hydrogen-bond donors (Lipinski definition) is 1. The van der Waals surface area contributed by atoms with Gasteiger partial charge in [0.25, 0.3) is 0 Å². The summed E-state index contributed by atoms with van der Waals surface area (Å²) in [6.07, 6.45) is 1.78. The van der Waals surface area contributed by atoms with Gasteiger partial charge in [0, 0.05) is 16.6 Å². The van der Waals surface area contributed by atoms with E-state index in [1.54, 1.807) is 25.3 Å². The molecule has 25 heavy (non-hydrogen) atoms. The van der Waals surface area contributed by atoms with Crippen LogP contribution in [-0.2, 0) is 21.1 Å². The van der Waals surface area contributed by atoms with Crippen molar-refractivity contribution in [2.75, 3.05) is 11.1 Å². The first-order valence-corrected chi connectivity index (χ1v) is 9.63. The van der Waals surface area contributed by atoms with Crippen LogP contribution in [0, 0.1) is 6.92 Å². The van der Waals surface area contributed by atoms with Gasteiger partial charge in [0.2, 0.25) is 5.91 Å². The summed E-state index contributed by atoms with van der Waals surface area (Å²) in [7, 11) is -3.24. The molecule has 0 aliphatic rings. The van der Waals surface area contributed by atoms with Gasteiger partial charge < -0.3 is 9.73 Å². The largest absolute Gasteiger partial charge is 0.464 e. The maximum atomic E-state index is 12.3. The summed E-state index contributed by atoms with van der Waals surface area (Å²) in [5.74, 6) is -0.138. The molecule has 0 bridgehead atoms. The van der Waals surface area contributed by atoms with Crippen molar-refractivity contribution in [3.05, 3.63) is 59.9 Å². The molecule has 0 aliphatic heterocycles. The number of benzene rings is 2. The van der Waals surface area contributed by atoms with Gasteiger partial charge in [-0.1, -0.05) is 19.1 Å². The van der Waals surface area contributed by atoms with E-state index in [4.69, 9.17) is 4.42 Å². The number of nitrogens with one attached hydrogen (secondary N) is 1. The third kappa shape index (κ3) is 3.74.